The van der Waals surface area contributed by atoms with Gasteiger partial charge >= 0.3 is 0 Å². The van der Waals surface area contributed by atoms with Crippen molar-refractivity contribution in [3.63, 3.8) is 0 Å². The average molecular weight is 1780 g/mol. The number of anilines is 5. The molecule has 10 aromatic heterocycles. The first-order valence-corrected chi connectivity index (χ1v) is 51.3. The number of nitrogens with zero attached hydrogens (tertiary/aromatic N) is 16. The molecule has 16 nitrogen and oxygen atoms in total. The highest BCUT2D eigenvalue weighted by atomic mass is 32.1. The Morgan fingerprint density at radius 3 is 1.13 bits per heavy atom. The molecule has 13 aliphatic rings. The van der Waals surface area contributed by atoms with Crippen LogP contribution in [-0.2, 0) is 45.6 Å². The van der Waals surface area contributed by atoms with E-state index in [1.165, 1.54) is 206 Å². The number of para-hydroxylation sites is 5. The first-order valence-electron chi connectivity index (χ1n) is 48.0. The number of thiazole rings is 4. The zero-order valence-electron chi connectivity index (χ0n) is 79.0. The molecule has 664 valence electrons. The Kier molecular flexibility index (Phi) is 18.5. The molecule has 6 saturated carbocycles. The van der Waals surface area contributed by atoms with E-state index >= 15 is 0 Å². The molecule has 7 unspecified atom stereocenters. The molecule has 128 heavy (non-hydrogen) atoms. The van der Waals surface area contributed by atoms with Crippen LogP contribution >= 0.6 is 45.3 Å². The highest BCUT2D eigenvalue weighted by Crippen LogP contribution is 2.74. The predicted molar refractivity (Wildman–Crippen MR) is 529 cm³/mol. The van der Waals surface area contributed by atoms with E-state index in [9.17, 15) is 0 Å². The molecular weight excluding hydrogens is 1650 g/mol. The van der Waals surface area contributed by atoms with Gasteiger partial charge in [-0.3, -0.25) is 22.0 Å². The zero-order valence-corrected chi connectivity index (χ0v) is 82.3. The molecule has 7 aliphatic heterocycles. The molecule has 3 spiro atoms. The summed E-state index contributed by atoms with van der Waals surface area (Å²) in [6.07, 6.45) is 39.4. The lowest BCUT2D eigenvalue weighted by molar-refractivity contribution is -0.0588. The largest absolute Gasteiger partial charge is 0.352 e. The molecule has 7 atom stereocenters. The lowest BCUT2D eigenvalue weighted by Gasteiger charge is -2.63. The van der Waals surface area contributed by atoms with Crippen LogP contribution in [0.5, 0.6) is 0 Å². The average Bonchev–Trinajstić information content (AvgIpc) is 1.47. The maximum absolute atomic E-state index is 5.13. The Balaban J connectivity index is 0.0000000917. The van der Waals surface area contributed by atoms with Crippen LogP contribution in [0.4, 0.5) is 28.4 Å². The van der Waals surface area contributed by atoms with E-state index in [4.69, 9.17) is 9.97 Å². The Hall–Kier alpha value is -9.47. The molecule has 17 heterocycles. The molecule has 0 amide bonds. The third kappa shape index (κ3) is 10.6. The summed E-state index contributed by atoms with van der Waals surface area (Å²) >= 11 is 7.66. The van der Waals surface area contributed by atoms with E-state index in [1.54, 1.807) is 9.75 Å². The summed E-state index contributed by atoms with van der Waals surface area (Å²) in [6.45, 7) is 47.6. The molecule has 6 aliphatic carbocycles. The fraction of sp³-hybridized carbons (Fsp3) is 0.491. The van der Waals surface area contributed by atoms with Gasteiger partial charge in [0.05, 0.1) is 112 Å². The van der Waals surface area contributed by atoms with Gasteiger partial charge in [0.25, 0.3) is 0 Å². The maximum Gasteiger partial charge on any atom is 0.214 e. The lowest BCUT2D eigenvalue weighted by atomic mass is 9.48. The Bertz CT molecular complexity index is 6730. The number of aromatic nitrogens is 11. The molecule has 6 fully saturated rings. The van der Waals surface area contributed by atoms with Crippen LogP contribution in [-0.4, -0.2) is 51.5 Å². The summed E-state index contributed by atoms with van der Waals surface area (Å²) in [5, 5.41) is 0. The predicted octanol–water partition coefficient (Wildman–Crippen LogP) is 27.3. The first-order chi connectivity index (χ1) is 61.3. The number of hydrogen-bond donors (Lipinski definition) is 0. The lowest BCUT2D eigenvalue weighted by Crippen LogP contribution is -2.62. The second-order valence-electron chi connectivity index (χ2n) is 43.1. The number of hydrogen-bond acceptors (Lipinski definition) is 14. The summed E-state index contributed by atoms with van der Waals surface area (Å²) in [5.74, 6) is 4.64. The standard InChI is InChI=1S/C24H27N3S.2C22H27N3S.C20H24N4.C20H23N3S/c1-14-5-3-4-6-20(14)27-15(2)21-22(28-23-25-7-8-26(21)23)24(27)18-10-16-9-17(12-18)13-19(24)11-16;2*1-13-9-8-10-15-16(13)25-14(2)17-18(26-19-23-11-12-24(17)19)22(25,7)21(5,6)20(15,3)4;1-14-8-4-5-9-16(14)24-15(2)17-18(20(24)10-6-7-11-20)21-19-22(3)12-13-23(17)19;1-14-8-4-5-9-16(14)23-15(2)17-18(20(23)10-6-3-7-11-20)24-19-21-12-13-22(17)19/h3-8,15-19H,9-13H2,1-2H3;2*8-12,14H,1-7H3;4-5,8-9,12-13,15H,6-7,10-11H2,1-3H3;4-5,8-9,12-13,15H,3,6-7,10-11H2,1-2H3. The Labute approximate surface area is 772 Å². The monoisotopic (exact) mass is 1780 g/mol. The minimum atomic E-state index is -0.0598. The molecule has 4 bridgehead atoms. The summed E-state index contributed by atoms with van der Waals surface area (Å²) < 4.78 is 13.8. The normalized spacial score (nSPS) is 28.1. The minimum absolute atomic E-state index is 0.0587. The molecule has 5 aromatic carbocycles. The van der Waals surface area contributed by atoms with Gasteiger partial charge in [0.15, 0.2) is 19.8 Å². The Morgan fingerprint density at radius 2 is 0.688 bits per heavy atom. The summed E-state index contributed by atoms with van der Waals surface area (Å²) in [5.41, 5.74) is 26.1. The number of imidazole rings is 6. The molecule has 15 aromatic rings. The van der Waals surface area contributed by atoms with E-state index in [2.05, 4.69) is 358 Å². The molecule has 0 N–H and O–H groups in total. The van der Waals surface area contributed by atoms with Crippen LogP contribution in [0.15, 0.2) is 171 Å². The summed E-state index contributed by atoms with van der Waals surface area (Å²) in [7, 11) is 2.09. The van der Waals surface area contributed by atoms with Crippen molar-refractivity contribution in [1.82, 2.24) is 51.5 Å². The van der Waals surface area contributed by atoms with E-state index < -0.39 is 0 Å². The molecule has 0 saturated heterocycles. The van der Waals surface area contributed by atoms with Gasteiger partial charge in [0, 0.05) is 108 Å². The smallest absolute Gasteiger partial charge is 0.214 e. The van der Waals surface area contributed by atoms with Crippen molar-refractivity contribution in [3.8, 4) is 0 Å². The number of fused-ring (bicyclic) bond motifs is 25. The maximum atomic E-state index is 5.13. The van der Waals surface area contributed by atoms with Crippen LogP contribution in [0.1, 0.15) is 317 Å². The van der Waals surface area contributed by atoms with Gasteiger partial charge in [-0.1, -0.05) is 224 Å². The first kappa shape index (κ1) is 82.9. The van der Waals surface area contributed by atoms with Crippen LogP contribution in [0.2, 0.25) is 0 Å². The van der Waals surface area contributed by atoms with Gasteiger partial charge in [-0.2, -0.15) is 0 Å². The summed E-state index contributed by atoms with van der Waals surface area (Å²) in [4.78, 5) is 48.1. The van der Waals surface area contributed by atoms with Crippen molar-refractivity contribution in [2.24, 2.45) is 41.5 Å². The second-order valence-corrected chi connectivity index (χ2v) is 47.1. The van der Waals surface area contributed by atoms with Crippen molar-refractivity contribution in [2.45, 2.75) is 297 Å². The summed E-state index contributed by atoms with van der Waals surface area (Å²) in [6, 6.07) is 42.2. The van der Waals surface area contributed by atoms with Gasteiger partial charge in [-0.05, 0) is 233 Å². The van der Waals surface area contributed by atoms with Gasteiger partial charge in [-0.15, -0.1) is 0 Å². The van der Waals surface area contributed by atoms with Gasteiger partial charge < -0.3 is 29.1 Å². The van der Waals surface area contributed by atoms with Crippen LogP contribution in [0, 0.1) is 69.1 Å². The zero-order chi connectivity index (χ0) is 88.7. The topological polar surface area (TPSA) is 108 Å². The fourth-order valence-electron chi connectivity index (χ4n) is 29.2. The van der Waals surface area contributed by atoms with E-state index in [0.717, 1.165) is 44.3 Å². The van der Waals surface area contributed by atoms with Crippen molar-refractivity contribution in [3.05, 3.63) is 264 Å². The molecule has 20 heteroatoms. The van der Waals surface area contributed by atoms with Crippen molar-refractivity contribution >= 4 is 99.4 Å². The SMILES string of the molecule is Cc1cccc2c1N1C(C)c3c(sc4nccn34)C1(C)C(C)(C)C2(C)C.Cc1cccc2c1N1C(C)c3c(sc4nccn34)C1(C)C(C)(C)C2(C)C.Cc1ccccc1N1C(C)c2c(nc3n(C)ccn23)C12CCCC2.Cc1ccccc1N1C(C)c2c(sc3nccn23)C12C1CC3CC(C1)CC2C3.Cc1ccccc1N1C(C)c2c(sc3nccn23)C12CCCCC2. The van der Waals surface area contributed by atoms with Crippen LogP contribution in [0.25, 0.3) is 25.6 Å². The number of rotatable bonds is 3. The number of aryl methyl sites for hydroxylation is 6. The van der Waals surface area contributed by atoms with Crippen LogP contribution < -0.4 is 24.5 Å². The molecule has 28 rings (SSSR count). The minimum Gasteiger partial charge on any atom is -0.352 e. The molecular formula is C108H128N16S4. The van der Waals surface area contributed by atoms with Crippen molar-refractivity contribution in [2.75, 3.05) is 24.5 Å². The Morgan fingerprint density at radius 1 is 0.336 bits per heavy atom. The second kappa shape index (κ2) is 28.5. The number of benzene rings is 5. The van der Waals surface area contributed by atoms with E-state index in [0.29, 0.717) is 30.2 Å². The fourth-order valence-corrected chi connectivity index (χ4v) is 35.1. The van der Waals surface area contributed by atoms with Gasteiger partial charge in [0.2, 0.25) is 5.78 Å². The van der Waals surface area contributed by atoms with E-state index in [-0.39, 0.29) is 49.4 Å². The quantitative estimate of drug-likeness (QED) is 0.170. The van der Waals surface area contributed by atoms with E-state index in [1.807, 2.05) is 70.1 Å². The van der Waals surface area contributed by atoms with Gasteiger partial charge in [0.1, 0.15) is 0 Å². The molecule has 0 radical (unpaired) electrons. The van der Waals surface area contributed by atoms with Crippen LogP contribution in [0.3, 0.4) is 0 Å². The third-order valence-electron chi connectivity index (χ3n) is 36.6. The van der Waals surface area contributed by atoms with Crippen molar-refractivity contribution in [1.29, 1.82) is 0 Å². The highest BCUT2D eigenvalue weighted by Gasteiger charge is 2.70. The third-order valence-corrected chi connectivity index (χ3v) is 41.7. The highest BCUT2D eigenvalue weighted by molar-refractivity contribution is 7.18. The van der Waals surface area contributed by atoms with Gasteiger partial charge in [-0.25, -0.2) is 24.9 Å². The van der Waals surface area contributed by atoms with Crippen molar-refractivity contribution < 1.29 is 0 Å².